The van der Waals surface area contributed by atoms with Crippen LogP contribution in [0.2, 0.25) is 5.02 Å². The number of amides is 1. The maximum Gasteiger partial charge on any atom is 0.227 e. The van der Waals surface area contributed by atoms with E-state index < -0.39 is 5.41 Å². The highest BCUT2D eigenvalue weighted by atomic mass is 35.5. The van der Waals surface area contributed by atoms with Crippen molar-refractivity contribution < 1.29 is 4.79 Å². The van der Waals surface area contributed by atoms with Crippen LogP contribution in [0, 0.1) is 5.41 Å². The van der Waals surface area contributed by atoms with Gasteiger partial charge in [-0.15, -0.1) is 0 Å². The van der Waals surface area contributed by atoms with Gasteiger partial charge in [-0.25, -0.2) is 4.98 Å². The molecule has 1 aliphatic rings. The minimum absolute atomic E-state index is 0.0931. The lowest BCUT2D eigenvalue weighted by molar-refractivity contribution is -0.132. The molecule has 1 saturated heterocycles. The van der Waals surface area contributed by atoms with Crippen LogP contribution in [0.4, 0.5) is 11.8 Å². The number of rotatable bonds is 6. The van der Waals surface area contributed by atoms with Crippen molar-refractivity contribution in [3.05, 3.63) is 95.0 Å². The molecule has 7 heteroatoms. The number of halogens is 1. The van der Waals surface area contributed by atoms with Crippen molar-refractivity contribution in [2.24, 2.45) is 5.41 Å². The molecule has 35 heavy (non-hydrogen) atoms. The van der Waals surface area contributed by atoms with Crippen molar-refractivity contribution in [3.8, 4) is 0 Å². The lowest BCUT2D eigenvalue weighted by Gasteiger charge is -2.41. The van der Waals surface area contributed by atoms with Crippen molar-refractivity contribution >= 4 is 40.2 Å². The molecule has 1 amide bonds. The minimum atomic E-state index is -0.502. The molecule has 0 spiro atoms. The van der Waals surface area contributed by atoms with E-state index in [4.69, 9.17) is 22.3 Å². The van der Waals surface area contributed by atoms with Crippen LogP contribution in [0.1, 0.15) is 24.0 Å². The number of carbonyl (C=O) groups excluding carboxylic acids is 1. The summed E-state index contributed by atoms with van der Waals surface area (Å²) in [6.45, 7) is 1.85. The Morgan fingerprint density at radius 2 is 1.60 bits per heavy atom. The van der Waals surface area contributed by atoms with E-state index in [1.165, 1.54) is 0 Å². The number of fused-ring (bicyclic) bond motifs is 1. The van der Waals surface area contributed by atoms with E-state index in [1.54, 1.807) is 12.1 Å². The Bertz CT molecular complexity index is 1320. The molecule has 0 aliphatic carbocycles. The monoisotopic (exact) mass is 485 g/mol. The molecule has 0 unspecified atom stereocenters. The van der Waals surface area contributed by atoms with Crippen molar-refractivity contribution in [1.29, 1.82) is 0 Å². The van der Waals surface area contributed by atoms with E-state index in [-0.39, 0.29) is 5.91 Å². The third-order valence-electron chi connectivity index (χ3n) is 6.84. The number of hydrogen-bond acceptors (Lipinski definition) is 5. The van der Waals surface area contributed by atoms with Gasteiger partial charge in [-0.2, -0.15) is 4.98 Å². The summed E-state index contributed by atoms with van der Waals surface area (Å²) in [5, 5.41) is 4.59. The van der Waals surface area contributed by atoms with Crippen LogP contribution in [-0.4, -0.2) is 29.0 Å². The molecule has 0 saturated carbocycles. The fourth-order valence-corrected chi connectivity index (χ4v) is 4.99. The summed E-state index contributed by atoms with van der Waals surface area (Å²) in [7, 11) is 0. The lowest BCUT2D eigenvalue weighted by Crippen LogP contribution is -2.50. The first-order valence-electron chi connectivity index (χ1n) is 11.9. The number of carbonyl (C=O) groups is 1. The number of benzene rings is 3. The molecule has 4 aromatic rings. The smallest absolute Gasteiger partial charge is 0.227 e. The summed E-state index contributed by atoms with van der Waals surface area (Å²) in [5.41, 5.74) is 8.70. The largest absolute Gasteiger partial charge is 0.383 e. The second-order valence-corrected chi connectivity index (χ2v) is 9.60. The Morgan fingerprint density at radius 1 is 0.943 bits per heavy atom. The number of hydrogen-bond donors (Lipinski definition) is 2. The molecule has 1 aliphatic heterocycles. The van der Waals surface area contributed by atoms with Gasteiger partial charge in [0, 0.05) is 30.0 Å². The van der Waals surface area contributed by atoms with E-state index in [9.17, 15) is 4.79 Å². The van der Waals surface area contributed by atoms with E-state index >= 15 is 0 Å². The Labute approximate surface area is 210 Å². The van der Waals surface area contributed by atoms with Gasteiger partial charge in [0.1, 0.15) is 5.82 Å². The molecule has 3 aromatic carbocycles. The summed E-state index contributed by atoms with van der Waals surface area (Å²) in [6.07, 6.45) is 2.08. The average molecular weight is 486 g/mol. The van der Waals surface area contributed by atoms with Crippen molar-refractivity contribution in [2.45, 2.75) is 25.8 Å². The average Bonchev–Trinajstić information content (AvgIpc) is 2.88. The number of nitrogens with two attached hydrogens (primary N) is 1. The van der Waals surface area contributed by atoms with Crippen molar-refractivity contribution in [1.82, 2.24) is 15.3 Å². The number of anilines is 2. The molecular formula is C28H28ClN5O. The van der Waals surface area contributed by atoms with Crippen LogP contribution in [0.5, 0.6) is 0 Å². The fraction of sp³-hybridized carbons (Fsp3) is 0.250. The molecule has 178 valence electrons. The van der Waals surface area contributed by atoms with E-state index in [1.807, 2.05) is 54.6 Å². The standard InChI is InChI=1S/C28H28ClN5O/c29-22-11-12-23-24(17-22)32-27(33-25(23)30)34-15-13-28(14-16-34,18-20-7-3-1-4-8-20)26(35)31-19-21-9-5-2-6-10-21/h1-12,17H,13-16,18-19H2,(H,31,35)(H2,30,32,33). The highest BCUT2D eigenvalue weighted by Gasteiger charge is 2.41. The zero-order valence-corrected chi connectivity index (χ0v) is 20.2. The molecule has 0 atom stereocenters. The Balaban J connectivity index is 1.37. The molecule has 5 rings (SSSR count). The second-order valence-electron chi connectivity index (χ2n) is 9.17. The molecule has 0 radical (unpaired) electrons. The molecule has 1 fully saturated rings. The third-order valence-corrected chi connectivity index (χ3v) is 7.08. The van der Waals surface area contributed by atoms with Gasteiger partial charge in [0.2, 0.25) is 11.9 Å². The van der Waals surface area contributed by atoms with E-state index in [0.717, 1.165) is 22.0 Å². The Morgan fingerprint density at radius 3 is 2.29 bits per heavy atom. The lowest BCUT2D eigenvalue weighted by atomic mass is 9.73. The summed E-state index contributed by atoms with van der Waals surface area (Å²) < 4.78 is 0. The topological polar surface area (TPSA) is 84.1 Å². The number of nitrogens with one attached hydrogen (secondary N) is 1. The molecular weight excluding hydrogens is 458 g/mol. The normalized spacial score (nSPS) is 15.2. The number of nitrogen functional groups attached to an aromatic ring is 1. The van der Waals surface area contributed by atoms with Crippen LogP contribution in [0.3, 0.4) is 0 Å². The van der Waals surface area contributed by atoms with Crippen molar-refractivity contribution in [2.75, 3.05) is 23.7 Å². The predicted molar refractivity (Wildman–Crippen MR) is 141 cm³/mol. The molecule has 2 heterocycles. The van der Waals surface area contributed by atoms with Crippen LogP contribution >= 0.6 is 11.6 Å². The van der Waals surface area contributed by atoms with E-state index in [0.29, 0.717) is 55.7 Å². The predicted octanol–water partition coefficient (Wildman–Crippen LogP) is 5.01. The van der Waals surface area contributed by atoms with Crippen LogP contribution < -0.4 is 16.0 Å². The minimum Gasteiger partial charge on any atom is -0.383 e. The fourth-order valence-electron chi connectivity index (χ4n) is 4.83. The quantitative estimate of drug-likeness (QED) is 0.401. The summed E-state index contributed by atoms with van der Waals surface area (Å²) in [6, 6.07) is 25.7. The molecule has 3 N–H and O–H groups in total. The number of nitrogens with zero attached hydrogens (tertiary/aromatic N) is 3. The summed E-state index contributed by atoms with van der Waals surface area (Å²) in [5.74, 6) is 1.11. The molecule has 6 nitrogen and oxygen atoms in total. The molecule has 0 bridgehead atoms. The first-order chi connectivity index (χ1) is 17.0. The van der Waals surface area contributed by atoms with Gasteiger partial charge in [-0.05, 0) is 48.6 Å². The first-order valence-corrected chi connectivity index (χ1v) is 12.2. The van der Waals surface area contributed by atoms with Gasteiger partial charge >= 0.3 is 0 Å². The van der Waals surface area contributed by atoms with Gasteiger partial charge in [0.05, 0.1) is 10.9 Å². The van der Waals surface area contributed by atoms with Gasteiger partial charge in [0.15, 0.2) is 0 Å². The van der Waals surface area contributed by atoms with Gasteiger partial charge in [-0.1, -0.05) is 72.3 Å². The van der Waals surface area contributed by atoms with E-state index in [2.05, 4.69) is 27.3 Å². The van der Waals surface area contributed by atoms with Gasteiger partial charge < -0.3 is 16.0 Å². The first kappa shape index (κ1) is 23.1. The van der Waals surface area contributed by atoms with Crippen molar-refractivity contribution in [3.63, 3.8) is 0 Å². The third kappa shape index (κ3) is 5.08. The van der Waals surface area contributed by atoms with Crippen LogP contribution in [0.25, 0.3) is 10.9 Å². The maximum absolute atomic E-state index is 13.6. The second kappa shape index (κ2) is 9.92. The summed E-state index contributed by atoms with van der Waals surface area (Å²) in [4.78, 5) is 25.0. The molecule has 1 aromatic heterocycles. The number of aromatic nitrogens is 2. The van der Waals surface area contributed by atoms with Crippen LogP contribution in [-0.2, 0) is 17.8 Å². The maximum atomic E-state index is 13.6. The number of piperidine rings is 1. The SMILES string of the molecule is Nc1nc(N2CCC(Cc3ccccc3)(C(=O)NCc3ccccc3)CC2)nc2cc(Cl)ccc12. The zero-order chi connectivity index (χ0) is 24.3. The van der Waals surface area contributed by atoms with Crippen LogP contribution in [0.15, 0.2) is 78.9 Å². The Hall–Kier alpha value is -3.64. The van der Waals surface area contributed by atoms with Gasteiger partial charge in [-0.3, -0.25) is 4.79 Å². The summed E-state index contributed by atoms with van der Waals surface area (Å²) >= 11 is 6.17. The van der Waals surface area contributed by atoms with Gasteiger partial charge in [0.25, 0.3) is 0 Å². The highest BCUT2D eigenvalue weighted by Crippen LogP contribution is 2.37. The zero-order valence-electron chi connectivity index (χ0n) is 19.5. The Kier molecular flexibility index (Phi) is 6.55. The highest BCUT2D eigenvalue weighted by molar-refractivity contribution is 6.31.